The Morgan fingerprint density at radius 2 is 1.58 bits per heavy atom. The van der Waals surface area contributed by atoms with Gasteiger partial charge in [0.2, 0.25) is 0 Å². The third-order valence-corrected chi connectivity index (χ3v) is 5.93. The fraction of sp³-hybridized carbons (Fsp3) is 0.259. The number of para-hydroxylation sites is 1. The molecule has 0 fully saturated rings. The highest BCUT2D eigenvalue weighted by atomic mass is 16.3. The van der Waals surface area contributed by atoms with E-state index in [1.165, 1.54) is 5.56 Å². The second-order valence-electron chi connectivity index (χ2n) is 8.30. The third kappa shape index (κ3) is 4.04. The van der Waals surface area contributed by atoms with Crippen LogP contribution in [0.1, 0.15) is 52.4 Å². The Morgan fingerprint density at radius 3 is 2.26 bits per heavy atom. The maximum atomic E-state index is 13.4. The van der Waals surface area contributed by atoms with Crippen LogP contribution in [0.3, 0.4) is 0 Å². The normalized spacial score (nSPS) is 17.6. The lowest BCUT2D eigenvalue weighted by Gasteiger charge is -2.23. The number of anilines is 1. The number of hydrogen-bond donors (Lipinski definition) is 1. The number of hydrogen-bond acceptors (Lipinski definition) is 3. The Morgan fingerprint density at radius 1 is 0.935 bits per heavy atom. The molecule has 0 saturated carbocycles. The van der Waals surface area contributed by atoms with Crippen LogP contribution in [0.15, 0.2) is 72.8 Å². The number of aliphatic hydroxyl groups is 1. The molecule has 0 bridgehead atoms. The Balaban J connectivity index is 1.61. The fourth-order valence-corrected chi connectivity index (χ4v) is 4.19. The number of carbonyl (C=O) groups is 2. The maximum absolute atomic E-state index is 13.4. The minimum absolute atomic E-state index is 0.245. The first kappa shape index (κ1) is 21.0. The third-order valence-electron chi connectivity index (χ3n) is 5.93. The first-order valence-electron chi connectivity index (χ1n) is 10.7. The summed E-state index contributed by atoms with van der Waals surface area (Å²) in [6.45, 7) is 4.47. The molecule has 158 valence electrons. The molecule has 1 heterocycles. The predicted octanol–water partition coefficient (Wildman–Crippen LogP) is 4.95. The van der Waals surface area contributed by atoms with Crippen LogP contribution in [0.5, 0.6) is 0 Å². The van der Waals surface area contributed by atoms with Gasteiger partial charge in [0.15, 0.2) is 11.4 Å². The average molecular weight is 414 g/mol. The molecule has 1 N–H and O–H groups in total. The van der Waals surface area contributed by atoms with Crippen LogP contribution >= 0.6 is 0 Å². The molecule has 4 rings (SSSR count). The number of amides is 1. The zero-order chi connectivity index (χ0) is 22.0. The Bertz CT molecular complexity index is 1100. The van der Waals surface area contributed by atoms with Gasteiger partial charge in [0.05, 0.1) is 18.7 Å². The van der Waals surface area contributed by atoms with Gasteiger partial charge in [0.25, 0.3) is 5.91 Å². The summed E-state index contributed by atoms with van der Waals surface area (Å²) in [6, 6.07) is 22.6. The monoisotopic (exact) mass is 413 g/mol. The summed E-state index contributed by atoms with van der Waals surface area (Å²) >= 11 is 0. The van der Waals surface area contributed by atoms with Crippen molar-refractivity contribution < 1.29 is 14.7 Å². The standard InChI is InChI=1S/C27H27NO3/c1-3-6-20-13-15-22(16-14-20)25(29)17-27(31)23-7-4-5-8-24(23)28(26(27)30)18-21-11-9-19(2)10-12-21/h4-5,7-16,31H,3,6,17-18H2,1-2H3/t27-/m1/s1. The lowest BCUT2D eigenvalue weighted by Crippen LogP contribution is -2.41. The fourth-order valence-electron chi connectivity index (χ4n) is 4.19. The molecule has 1 amide bonds. The van der Waals surface area contributed by atoms with E-state index in [0.717, 1.165) is 24.0 Å². The van der Waals surface area contributed by atoms with E-state index in [9.17, 15) is 14.7 Å². The van der Waals surface area contributed by atoms with E-state index in [1.807, 2.05) is 55.5 Å². The Hall–Kier alpha value is -3.24. The molecule has 0 radical (unpaired) electrons. The number of aryl methyl sites for hydroxylation is 2. The van der Waals surface area contributed by atoms with Crippen molar-refractivity contribution in [1.29, 1.82) is 0 Å². The van der Waals surface area contributed by atoms with Crippen LogP contribution in [0, 0.1) is 6.92 Å². The van der Waals surface area contributed by atoms with Gasteiger partial charge in [-0.05, 0) is 30.5 Å². The van der Waals surface area contributed by atoms with E-state index in [1.54, 1.807) is 29.2 Å². The van der Waals surface area contributed by atoms with E-state index in [-0.39, 0.29) is 12.2 Å². The molecule has 0 aliphatic carbocycles. The SMILES string of the molecule is CCCc1ccc(C(=O)C[C@]2(O)C(=O)N(Cc3ccc(C)cc3)c3ccccc32)cc1. The first-order valence-corrected chi connectivity index (χ1v) is 10.7. The van der Waals surface area contributed by atoms with Crippen LogP contribution in [0.2, 0.25) is 0 Å². The Labute approximate surface area is 183 Å². The van der Waals surface area contributed by atoms with Gasteiger partial charge in [-0.1, -0.05) is 85.6 Å². The number of fused-ring (bicyclic) bond motifs is 1. The minimum Gasteiger partial charge on any atom is -0.375 e. The molecule has 0 aromatic heterocycles. The number of benzene rings is 3. The summed E-state index contributed by atoms with van der Waals surface area (Å²) in [5.74, 6) is -0.698. The van der Waals surface area contributed by atoms with Crippen LogP contribution in [0.25, 0.3) is 0 Å². The van der Waals surface area contributed by atoms with E-state index >= 15 is 0 Å². The van der Waals surface area contributed by atoms with Gasteiger partial charge in [-0.3, -0.25) is 9.59 Å². The minimum atomic E-state index is -1.86. The van der Waals surface area contributed by atoms with Crippen molar-refractivity contribution in [2.75, 3.05) is 4.90 Å². The number of Topliss-reactive ketones (excluding diaryl/α,β-unsaturated/α-hetero) is 1. The highest BCUT2D eigenvalue weighted by Gasteiger charge is 2.50. The van der Waals surface area contributed by atoms with Gasteiger partial charge < -0.3 is 10.0 Å². The van der Waals surface area contributed by atoms with Crippen LogP contribution < -0.4 is 4.90 Å². The summed E-state index contributed by atoms with van der Waals surface area (Å²) < 4.78 is 0. The van der Waals surface area contributed by atoms with E-state index in [2.05, 4.69) is 6.92 Å². The summed E-state index contributed by atoms with van der Waals surface area (Å²) in [6.07, 6.45) is 1.72. The van der Waals surface area contributed by atoms with E-state index in [4.69, 9.17) is 0 Å². The first-order chi connectivity index (χ1) is 14.9. The number of rotatable bonds is 7. The molecule has 0 unspecified atom stereocenters. The molecule has 1 aliphatic heterocycles. The highest BCUT2D eigenvalue weighted by Crippen LogP contribution is 2.43. The summed E-state index contributed by atoms with van der Waals surface area (Å²) in [5, 5.41) is 11.5. The van der Waals surface area contributed by atoms with Crippen molar-refractivity contribution >= 4 is 17.4 Å². The van der Waals surface area contributed by atoms with Crippen molar-refractivity contribution in [3.05, 3.63) is 101 Å². The summed E-state index contributed by atoms with van der Waals surface area (Å²) in [4.78, 5) is 28.0. The van der Waals surface area contributed by atoms with Crippen LogP contribution in [-0.4, -0.2) is 16.8 Å². The van der Waals surface area contributed by atoms with Gasteiger partial charge in [-0.25, -0.2) is 0 Å². The van der Waals surface area contributed by atoms with Gasteiger partial charge in [-0.2, -0.15) is 0 Å². The van der Waals surface area contributed by atoms with Crippen molar-refractivity contribution in [2.24, 2.45) is 0 Å². The molecular weight excluding hydrogens is 386 g/mol. The molecule has 1 atom stereocenters. The van der Waals surface area contributed by atoms with Crippen LogP contribution in [-0.2, 0) is 23.4 Å². The smallest absolute Gasteiger partial charge is 0.264 e. The second kappa shape index (κ2) is 8.48. The number of carbonyl (C=O) groups excluding carboxylic acids is 2. The summed E-state index contributed by atoms with van der Waals surface area (Å²) in [7, 11) is 0. The zero-order valence-electron chi connectivity index (χ0n) is 18.0. The molecular formula is C27H27NO3. The lowest BCUT2D eigenvalue weighted by molar-refractivity contribution is -0.136. The predicted molar refractivity (Wildman–Crippen MR) is 122 cm³/mol. The summed E-state index contributed by atoms with van der Waals surface area (Å²) in [5.41, 5.74) is 3.07. The molecule has 3 aromatic rings. The van der Waals surface area contributed by atoms with Gasteiger partial charge in [0.1, 0.15) is 0 Å². The topological polar surface area (TPSA) is 57.6 Å². The molecule has 4 nitrogen and oxygen atoms in total. The van der Waals surface area contributed by atoms with Gasteiger partial charge in [0, 0.05) is 11.1 Å². The molecule has 3 aromatic carbocycles. The van der Waals surface area contributed by atoms with Crippen molar-refractivity contribution in [3.63, 3.8) is 0 Å². The maximum Gasteiger partial charge on any atom is 0.264 e. The van der Waals surface area contributed by atoms with Crippen molar-refractivity contribution in [2.45, 2.75) is 45.3 Å². The zero-order valence-corrected chi connectivity index (χ0v) is 18.0. The van der Waals surface area contributed by atoms with Crippen molar-refractivity contribution in [3.8, 4) is 0 Å². The van der Waals surface area contributed by atoms with Crippen LogP contribution in [0.4, 0.5) is 5.69 Å². The second-order valence-corrected chi connectivity index (χ2v) is 8.30. The molecule has 1 aliphatic rings. The quantitative estimate of drug-likeness (QED) is 0.557. The molecule has 31 heavy (non-hydrogen) atoms. The largest absolute Gasteiger partial charge is 0.375 e. The lowest BCUT2D eigenvalue weighted by atomic mass is 9.88. The van der Waals surface area contributed by atoms with Gasteiger partial charge in [-0.15, -0.1) is 0 Å². The highest BCUT2D eigenvalue weighted by molar-refractivity contribution is 6.10. The molecule has 0 saturated heterocycles. The Kier molecular flexibility index (Phi) is 5.75. The molecule has 0 spiro atoms. The van der Waals surface area contributed by atoms with E-state index in [0.29, 0.717) is 23.4 Å². The number of ketones is 1. The van der Waals surface area contributed by atoms with Gasteiger partial charge >= 0.3 is 0 Å². The van der Waals surface area contributed by atoms with Crippen molar-refractivity contribution in [1.82, 2.24) is 0 Å². The molecule has 4 heteroatoms. The number of nitrogens with zero attached hydrogens (tertiary/aromatic N) is 1. The average Bonchev–Trinajstić information content (AvgIpc) is 2.98. The van der Waals surface area contributed by atoms with E-state index < -0.39 is 11.5 Å².